The molecular weight excluding hydrogens is 176 g/mol. The minimum Gasteiger partial charge on any atom is -0.396 e. The van der Waals surface area contributed by atoms with Gasteiger partial charge in [-0.15, -0.1) is 0 Å². The van der Waals surface area contributed by atoms with Crippen LogP contribution >= 0.6 is 0 Å². The Kier molecular flexibility index (Phi) is 2.52. The van der Waals surface area contributed by atoms with Gasteiger partial charge in [0.25, 0.3) is 0 Å². The molecular formula is C11H16N2O. The molecule has 1 aromatic rings. The van der Waals surface area contributed by atoms with Gasteiger partial charge in [0.2, 0.25) is 0 Å². The highest BCUT2D eigenvalue weighted by atomic mass is 16.3. The lowest BCUT2D eigenvalue weighted by Crippen LogP contribution is -2.18. The van der Waals surface area contributed by atoms with Gasteiger partial charge in [-0.25, -0.2) is 0 Å². The van der Waals surface area contributed by atoms with Crippen molar-refractivity contribution in [2.75, 3.05) is 13.2 Å². The van der Waals surface area contributed by atoms with Crippen LogP contribution in [-0.4, -0.2) is 23.2 Å². The summed E-state index contributed by atoms with van der Waals surface area (Å²) in [5, 5.41) is 9.16. The number of hydrogen-bond acceptors (Lipinski definition) is 3. The van der Waals surface area contributed by atoms with Gasteiger partial charge in [0.05, 0.1) is 0 Å². The van der Waals surface area contributed by atoms with Gasteiger partial charge in [0.1, 0.15) is 0 Å². The zero-order chi connectivity index (χ0) is 10.0. The second-order valence-corrected chi connectivity index (χ2v) is 3.99. The highest BCUT2D eigenvalue weighted by Crippen LogP contribution is 2.55. The first-order valence-corrected chi connectivity index (χ1v) is 5.06. The molecule has 3 heteroatoms. The van der Waals surface area contributed by atoms with Gasteiger partial charge in [0, 0.05) is 23.9 Å². The largest absolute Gasteiger partial charge is 0.396 e. The number of rotatable bonds is 4. The number of nitrogens with zero attached hydrogens (tertiary/aromatic N) is 1. The maximum absolute atomic E-state index is 9.16. The van der Waals surface area contributed by atoms with Gasteiger partial charge < -0.3 is 10.8 Å². The lowest BCUT2D eigenvalue weighted by atomic mass is 9.94. The SMILES string of the molecule is NCCC1(c2ccccn2)C[C@@H]1CO. The standard InChI is InChI=1S/C11H16N2O/c12-5-4-11(7-9(11)8-14)10-3-1-2-6-13-10/h1-3,6,9,14H,4-5,7-8,12H2/t9-,11?/m1/s1. The monoisotopic (exact) mass is 192 g/mol. The third-order valence-corrected chi connectivity index (χ3v) is 3.22. The summed E-state index contributed by atoms with van der Waals surface area (Å²) in [6.07, 6.45) is 3.76. The molecule has 1 aromatic heterocycles. The van der Waals surface area contributed by atoms with Crippen LogP contribution in [0.25, 0.3) is 0 Å². The molecule has 3 nitrogen and oxygen atoms in total. The van der Waals surface area contributed by atoms with Crippen LogP contribution in [0.2, 0.25) is 0 Å². The number of hydrogen-bond donors (Lipinski definition) is 2. The summed E-state index contributed by atoms with van der Waals surface area (Å²) in [4.78, 5) is 4.36. The third kappa shape index (κ3) is 1.42. The van der Waals surface area contributed by atoms with Gasteiger partial charge >= 0.3 is 0 Å². The van der Waals surface area contributed by atoms with E-state index in [-0.39, 0.29) is 12.0 Å². The minimum atomic E-state index is 0.0742. The van der Waals surface area contributed by atoms with E-state index in [1.54, 1.807) is 6.20 Å². The fraction of sp³-hybridized carbons (Fsp3) is 0.545. The molecule has 0 aromatic carbocycles. The van der Waals surface area contributed by atoms with Crippen LogP contribution < -0.4 is 5.73 Å². The summed E-state index contributed by atoms with van der Waals surface area (Å²) in [7, 11) is 0. The van der Waals surface area contributed by atoms with E-state index >= 15 is 0 Å². The second kappa shape index (κ2) is 3.67. The Morgan fingerprint density at radius 3 is 2.93 bits per heavy atom. The summed E-state index contributed by atoms with van der Waals surface area (Å²) in [5.41, 5.74) is 6.76. The van der Waals surface area contributed by atoms with E-state index in [1.807, 2.05) is 18.2 Å². The van der Waals surface area contributed by atoms with E-state index in [0.29, 0.717) is 12.5 Å². The van der Waals surface area contributed by atoms with Gasteiger partial charge in [-0.3, -0.25) is 4.98 Å². The summed E-state index contributed by atoms with van der Waals surface area (Å²) >= 11 is 0. The predicted molar refractivity (Wildman–Crippen MR) is 54.8 cm³/mol. The Morgan fingerprint density at radius 1 is 1.57 bits per heavy atom. The molecule has 0 spiro atoms. The van der Waals surface area contributed by atoms with Gasteiger partial charge in [-0.1, -0.05) is 6.07 Å². The molecule has 2 atom stereocenters. The fourth-order valence-electron chi connectivity index (χ4n) is 2.28. The first kappa shape index (κ1) is 9.62. The van der Waals surface area contributed by atoms with Crippen LogP contribution in [0.5, 0.6) is 0 Å². The quantitative estimate of drug-likeness (QED) is 0.737. The van der Waals surface area contributed by atoms with Gasteiger partial charge in [-0.2, -0.15) is 0 Å². The van der Waals surface area contributed by atoms with E-state index in [9.17, 15) is 0 Å². The number of aliphatic hydroxyl groups is 1. The van der Waals surface area contributed by atoms with Crippen molar-refractivity contribution in [3.05, 3.63) is 30.1 Å². The smallest absolute Gasteiger partial charge is 0.0469 e. The molecule has 2 rings (SSSR count). The van der Waals surface area contributed by atoms with Crippen LogP contribution in [0, 0.1) is 5.92 Å². The van der Waals surface area contributed by atoms with Gasteiger partial charge in [-0.05, 0) is 37.4 Å². The van der Waals surface area contributed by atoms with Crippen molar-refractivity contribution < 1.29 is 5.11 Å². The molecule has 1 saturated carbocycles. The highest BCUT2D eigenvalue weighted by molar-refractivity contribution is 5.27. The Morgan fingerprint density at radius 2 is 2.43 bits per heavy atom. The van der Waals surface area contributed by atoms with Gasteiger partial charge in [0.15, 0.2) is 0 Å². The molecule has 1 aliphatic carbocycles. The lowest BCUT2D eigenvalue weighted by molar-refractivity contribution is 0.261. The Bertz CT molecular complexity index is 301. The highest BCUT2D eigenvalue weighted by Gasteiger charge is 2.54. The normalized spacial score (nSPS) is 30.3. The van der Waals surface area contributed by atoms with Crippen molar-refractivity contribution in [1.29, 1.82) is 0 Å². The number of pyridine rings is 1. The molecule has 14 heavy (non-hydrogen) atoms. The van der Waals surface area contributed by atoms with E-state index in [4.69, 9.17) is 10.8 Å². The van der Waals surface area contributed by atoms with Crippen LogP contribution in [-0.2, 0) is 5.41 Å². The van der Waals surface area contributed by atoms with E-state index in [1.165, 1.54) is 0 Å². The van der Waals surface area contributed by atoms with Crippen molar-refractivity contribution in [3.8, 4) is 0 Å². The lowest BCUT2D eigenvalue weighted by Gasteiger charge is -2.14. The third-order valence-electron chi connectivity index (χ3n) is 3.22. The fourth-order valence-corrected chi connectivity index (χ4v) is 2.28. The van der Waals surface area contributed by atoms with E-state index < -0.39 is 0 Å². The zero-order valence-electron chi connectivity index (χ0n) is 8.19. The maximum Gasteiger partial charge on any atom is 0.0469 e. The Hall–Kier alpha value is -0.930. The topological polar surface area (TPSA) is 59.1 Å². The zero-order valence-corrected chi connectivity index (χ0v) is 8.19. The molecule has 0 radical (unpaired) electrons. The Labute approximate surface area is 84.0 Å². The summed E-state index contributed by atoms with van der Waals surface area (Å²) in [5.74, 6) is 0.362. The van der Waals surface area contributed by atoms with Crippen LogP contribution in [0.4, 0.5) is 0 Å². The van der Waals surface area contributed by atoms with Crippen molar-refractivity contribution in [1.82, 2.24) is 4.98 Å². The molecule has 0 saturated heterocycles. The van der Waals surface area contributed by atoms with Crippen LogP contribution in [0.3, 0.4) is 0 Å². The number of nitrogens with two attached hydrogens (primary N) is 1. The number of aliphatic hydroxyl groups excluding tert-OH is 1. The summed E-state index contributed by atoms with van der Waals surface area (Å²) < 4.78 is 0. The van der Waals surface area contributed by atoms with Crippen molar-refractivity contribution >= 4 is 0 Å². The second-order valence-electron chi connectivity index (χ2n) is 3.99. The van der Waals surface area contributed by atoms with E-state index in [2.05, 4.69) is 4.98 Å². The maximum atomic E-state index is 9.16. The average molecular weight is 192 g/mol. The first-order chi connectivity index (χ1) is 6.83. The average Bonchev–Trinajstić information content (AvgIpc) is 2.95. The van der Waals surface area contributed by atoms with E-state index in [0.717, 1.165) is 18.5 Å². The summed E-state index contributed by atoms with van der Waals surface area (Å²) in [6, 6.07) is 5.94. The van der Waals surface area contributed by atoms with Crippen LogP contribution in [0.1, 0.15) is 18.5 Å². The molecule has 76 valence electrons. The summed E-state index contributed by atoms with van der Waals surface area (Å²) in [6.45, 7) is 0.906. The molecule has 1 unspecified atom stereocenters. The number of aromatic nitrogens is 1. The van der Waals surface area contributed by atoms with Crippen molar-refractivity contribution in [2.24, 2.45) is 11.7 Å². The molecule has 3 N–H and O–H groups in total. The Balaban J connectivity index is 2.22. The molecule has 1 heterocycles. The first-order valence-electron chi connectivity index (χ1n) is 5.06. The molecule has 0 aliphatic heterocycles. The molecule has 1 fully saturated rings. The molecule has 1 aliphatic rings. The molecule has 0 bridgehead atoms. The van der Waals surface area contributed by atoms with Crippen molar-refractivity contribution in [3.63, 3.8) is 0 Å². The predicted octanol–water partition coefficient (Wildman–Crippen LogP) is 0.680. The van der Waals surface area contributed by atoms with Crippen LogP contribution in [0.15, 0.2) is 24.4 Å². The molecule has 0 amide bonds. The minimum absolute atomic E-state index is 0.0742. The van der Waals surface area contributed by atoms with Crippen molar-refractivity contribution in [2.45, 2.75) is 18.3 Å².